The number of nitrogen functional groups attached to an aromatic ring is 1. The highest BCUT2D eigenvalue weighted by molar-refractivity contribution is 8.00. The van der Waals surface area contributed by atoms with E-state index in [4.69, 9.17) is 11.5 Å². The molecule has 0 spiro atoms. The highest BCUT2D eigenvalue weighted by atomic mass is 32.2. The zero-order valence-electron chi connectivity index (χ0n) is 10.1. The number of nitrogens with two attached hydrogens (primary N) is 2. The van der Waals surface area contributed by atoms with Gasteiger partial charge >= 0.3 is 0 Å². The van der Waals surface area contributed by atoms with Crippen LogP contribution in [0.2, 0.25) is 0 Å². The molecule has 6 nitrogen and oxygen atoms in total. The molecule has 0 saturated heterocycles. The van der Waals surface area contributed by atoms with E-state index in [1.807, 2.05) is 6.92 Å². The fraction of sp³-hybridized carbons (Fsp3) is 0.364. The van der Waals surface area contributed by atoms with Gasteiger partial charge in [0.15, 0.2) is 0 Å². The van der Waals surface area contributed by atoms with Crippen LogP contribution >= 0.6 is 11.8 Å². The molecule has 1 aromatic rings. The summed E-state index contributed by atoms with van der Waals surface area (Å²) in [5.74, 6) is -0.515. The summed E-state index contributed by atoms with van der Waals surface area (Å²) in [6.45, 7) is 2.61. The predicted molar refractivity (Wildman–Crippen MR) is 71.2 cm³/mol. The number of aromatic nitrogens is 1. The minimum Gasteiger partial charge on any atom is -0.397 e. The number of nitrogens with zero attached hydrogens (tertiary/aromatic N) is 1. The molecule has 0 saturated carbocycles. The fourth-order valence-electron chi connectivity index (χ4n) is 1.21. The molecular weight excluding hydrogens is 252 g/mol. The monoisotopic (exact) mass is 268 g/mol. The van der Waals surface area contributed by atoms with Crippen molar-refractivity contribution < 1.29 is 9.59 Å². The molecule has 5 N–H and O–H groups in total. The number of rotatable bonds is 6. The average Bonchev–Trinajstić information content (AvgIpc) is 2.34. The minimum absolute atomic E-state index is 0.101. The standard InChI is InChI=1S/C11H16N4O2S/c1-2-3-14-9(16)6-18-11-8(10(13)17)4-7(12)5-15-11/h4-5H,2-3,6,12H2,1H3,(H2,13,17)(H,14,16). The Balaban J connectivity index is 2.67. The largest absolute Gasteiger partial charge is 0.397 e. The van der Waals surface area contributed by atoms with E-state index in [2.05, 4.69) is 10.3 Å². The van der Waals surface area contributed by atoms with Gasteiger partial charge in [-0.3, -0.25) is 9.59 Å². The number of primary amides is 1. The number of nitrogens with one attached hydrogen (secondary N) is 1. The Labute approximate surface area is 110 Å². The van der Waals surface area contributed by atoms with Crippen LogP contribution in [0.15, 0.2) is 17.3 Å². The van der Waals surface area contributed by atoms with E-state index in [-0.39, 0.29) is 17.2 Å². The number of hydrogen-bond donors (Lipinski definition) is 3. The second-order valence-corrected chi connectivity index (χ2v) is 4.59. The van der Waals surface area contributed by atoms with E-state index in [9.17, 15) is 9.59 Å². The summed E-state index contributed by atoms with van der Waals surface area (Å²) >= 11 is 1.16. The lowest BCUT2D eigenvalue weighted by atomic mass is 10.2. The van der Waals surface area contributed by atoms with Gasteiger partial charge < -0.3 is 16.8 Å². The summed E-state index contributed by atoms with van der Waals surface area (Å²) < 4.78 is 0. The molecule has 0 aliphatic rings. The van der Waals surface area contributed by atoms with Gasteiger partial charge in [-0.15, -0.1) is 0 Å². The van der Waals surface area contributed by atoms with Crippen LogP contribution in [0, 0.1) is 0 Å². The molecule has 0 aliphatic carbocycles. The Kier molecular flexibility index (Phi) is 5.44. The van der Waals surface area contributed by atoms with Crippen molar-refractivity contribution in [1.82, 2.24) is 10.3 Å². The van der Waals surface area contributed by atoms with E-state index in [1.54, 1.807) is 0 Å². The Bertz CT molecular complexity index is 451. The maximum atomic E-state index is 11.4. The van der Waals surface area contributed by atoms with Gasteiger partial charge in [0, 0.05) is 6.54 Å². The van der Waals surface area contributed by atoms with Crippen molar-refractivity contribution in [3.8, 4) is 0 Å². The molecule has 0 radical (unpaired) electrons. The fourth-order valence-corrected chi connectivity index (χ4v) is 2.02. The maximum absolute atomic E-state index is 11.4. The van der Waals surface area contributed by atoms with E-state index in [1.165, 1.54) is 12.3 Å². The van der Waals surface area contributed by atoms with Gasteiger partial charge in [0.2, 0.25) is 5.91 Å². The van der Waals surface area contributed by atoms with Crippen molar-refractivity contribution in [3.63, 3.8) is 0 Å². The third-order valence-corrected chi connectivity index (χ3v) is 3.06. The number of carbonyl (C=O) groups is 2. The lowest BCUT2D eigenvalue weighted by Gasteiger charge is -2.06. The van der Waals surface area contributed by atoms with Crippen molar-refractivity contribution in [3.05, 3.63) is 17.8 Å². The summed E-state index contributed by atoms with van der Waals surface area (Å²) in [7, 11) is 0. The van der Waals surface area contributed by atoms with Gasteiger partial charge in [0.1, 0.15) is 5.03 Å². The van der Waals surface area contributed by atoms with Crippen LogP contribution in [0.3, 0.4) is 0 Å². The molecule has 0 aliphatic heterocycles. The number of thioether (sulfide) groups is 1. The zero-order valence-corrected chi connectivity index (χ0v) is 10.9. The normalized spacial score (nSPS) is 10.1. The third-order valence-electron chi connectivity index (χ3n) is 2.05. The third kappa shape index (κ3) is 4.25. The van der Waals surface area contributed by atoms with Crippen LogP contribution < -0.4 is 16.8 Å². The molecule has 0 aromatic carbocycles. The first-order valence-corrected chi connectivity index (χ1v) is 6.48. The van der Waals surface area contributed by atoms with Crippen LogP contribution in [0.4, 0.5) is 5.69 Å². The molecular formula is C11H16N4O2S. The summed E-state index contributed by atoms with van der Waals surface area (Å²) in [5.41, 5.74) is 11.4. The van der Waals surface area contributed by atoms with Gasteiger partial charge in [-0.2, -0.15) is 0 Å². The highest BCUT2D eigenvalue weighted by Gasteiger charge is 2.12. The van der Waals surface area contributed by atoms with Crippen molar-refractivity contribution in [2.75, 3.05) is 18.0 Å². The molecule has 1 aromatic heterocycles. The van der Waals surface area contributed by atoms with Crippen molar-refractivity contribution in [2.45, 2.75) is 18.4 Å². The van der Waals surface area contributed by atoms with Crippen molar-refractivity contribution in [1.29, 1.82) is 0 Å². The molecule has 0 unspecified atom stereocenters. The maximum Gasteiger partial charge on any atom is 0.251 e. The van der Waals surface area contributed by atoms with E-state index in [0.717, 1.165) is 18.2 Å². The molecule has 18 heavy (non-hydrogen) atoms. The number of amides is 2. The minimum atomic E-state index is -0.605. The smallest absolute Gasteiger partial charge is 0.251 e. The van der Waals surface area contributed by atoms with Crippen LogP contribution in [0.1, 0.15) is 23.7 Å². The van der Waals surface area contributed by atoms with Crippen LogP contribution in [-0.2, 0) is 4.79 Å². The first-order chi connectivity index (χ1) is 8.54. The van der Waals surface area contributed by atoms with E-state index >= 15 is 0 Å². The quantitative estimate of drug-likeness (QED) is 0.646. The zero-order chi connectivity index (χ0) is 13.5. The SMILES string of the molecule is CCCNC(=O)CSc1ncc(N)cc1C(N)=O. The molecule has 1 rings (SSSR count). The molecule has 0 atom stereocenters. The second kappa shape index (κ2) is 6.85. The lowest BCUT2D eigenvalue weighted by molar-refractivity contribution is -0.118. The topological polar surface area (TPSA) is 111 Å². The first-order valence-electron chi connectivity index (χ1n) is 5.49. The Morgan fingerprint density at radius 1 is 1.50 bits per heavy atom. The van der Waals surface area contributed by atoms with Gasteiger partial charge in [-0.25, -0.2) is 4.98 Å². The highest BCUT2D eigenvalue weighted by Crippen LogP contribution is 2.21. The summed E-state index contributed by atoms with van der Waals surface area (Å²) in [4.78, 5) is 26.6. The molecule has 98 valence electrons. The molecule has 7 heteroatoms. The first kappa shape index (κ1) is 14.3. The number of anilines is 1. The van der Waals surface area contributed by atoms with Crippen molar-refractivity contribution >= 4 is 29.3 Å². The Hall–Kier alpha value is -1.76. The van der Waals surface area contributed by atoms with Crippen molar-refractivity contribution in [2.24, 2.45) is 5.73 Å². The van der Waals surface area contributed by atoms with E-state index in [0.29, 0.717) is 17.3 Å². The lowest BCUT2D eigenvalue weighted by Crippen LogP contribution is -2.26. The second-order valence-electron chi connectivity index (χ2n) is 3.62. The van der Waals surface area contributed by atoms with Gasteiger partial charge in [0.05, 0.1) is 23.2 Å². The molecule has 0 fully saturated rings. The Morgan fingerprint density at radius 3 is 2.83 bits per heavy atom. The van der Waals surface area contributed by atoms with Gasteiger partial charge in [-0.1, -0.05) is 18.7 Å². The van der Waals surface area contributed by atoms with Crippen LogP contribution in [0.25, 0.3) is 0 Å². The molecule has 0 bridgehead atoms. The Morgan fingerprint density at radius 2 is 2.22 bits per heavy atom. The summed E-state index contributed by atoms with van der Waals surface area (Å²) in [6.07, 6.45) is 2.31. The summed E-state index contributed by atoms with van der Waals surface area (Å²) in [5, 5.41) is 3.15. The molecule has 2 amide bonds. The summed E-state index contributed by atoms with van der Waals surface area (Å²) in [6, 6.07) is 1.46. The predicted octanol–water partition coefficient (Wildman–Crippen LogP) is 0.381. The number of hydrogen-bond acceptors (Lipinski definition) is 5. The average molecular weight is 268 g/mol. The van der Waals surface area contributed by atoms with Crippen LogP contribution in [-0.4, -0.2) is 29.1 Å². The van der Waals surface area contributed by atoms with Gasteiger partial charge in [0.25, 0.3) is 5.91 Å². The van der Waals surface area contributed by atoms with Gasteiger partial charge in [-0.05, 0) is 12.5 Å². The van der Waals surface area contributed by atoms with Crippen LogP contribution in [0.5, 0.6) is 0 Å². The van der Waals surface area contributed by atoms with E-state index < -0.39 is 5.91 Å². The number of pyridine rings is 1. The molecule has 1 heterocycles. The number of carbonyl (C=O) groups excluding carboxylic acids is 2.